The van der Waals surface area contributed by atoms with Crippen molar-refractivity contribution in [3.8, 4) is 0 Å². The third kappa shape index (κ3) is 4.86. The summed E-state index contributed by atoms with van der Waals surface area (Å²) in [5, 5.41) is 6.43. The van der Waals surface area contributed by atoms with Crippen LogP contribution in [0.1, 0.15) is 29.7 Å². The summed E-state index contributed by atoms with van der Waals surface area (Å²) in [5.41, 5.74) is 3.12. The van der Waals surface area contributed by atoms with E-state index in [-0.39, 0.29) is 12.1 Å². The van der Waals surface area contributed by atoms with Crippen molar-refractivity contribution in [2.45, 2.75) is 26.1 Å². The molecular formula is C20H21ClN4O. The Morgan fingerprint density at radius 2 is 1.88 bits per heavy atom. The highest BCUT2D eigenvalue weighted by molar-refractivity contribution is 6.31. The molecule has 0 spiro atoms. The largest absolute Gasteiger partial charge is 0.334 e. The first-order chi connectivity index (χ1) is 12.6. The highest BCUT2D eigenvalue weighted by Crippen LogP contribution is 2.21. The molecule has 3 aromatic rings. The van der Waals surface area contributed by atoms with Crippen LogP contribution in [0.15, 0.2) is 67.3 Å². The molecule has 134 valence electrons. The van der Waals surface area contributed by atoms with E-state index >= 15 is 0 Å². The quantitative estimate of drug-likeness (QED) is 0.686. The van der Waals surface area contributed by atoms with Crippen LogP contribution in [0.5, 0.6) is 0 Å². The SMILES string of the molecule is CC(NC(=O)NCc1ccc(Cn2ccnc2)cc1)c1ccccc1Cl. The Kier molecular flexibility index (Phi) is 5.92. The van der Waals surface area contributed by atoms with Crippen molar-refractivity contribution in [3.05, 3.63) is 89.0 Å². The summed E-state index contributed by atoms with van der Waals surface area (Å²) in [7, 11) is 0. The van der Waals surface area contributed by atoms with E-state index in [1.54, 1.807) is 12.5 Å². The van der Waals surface area contributed by atoms with Gasteiger partial charge in [-0.1, -0.05) is 54.1 Å². The number of nitrogens with zero attached hydrogens (tertiary/aromatic N) is 2. The fraction of sp³-hybridized carbons (Fsp3) is 0.200. The Hall–Kier alpha value is -2.79. The predicted molar refractivity (Wildman–Crippen MR) is 103 cm³/mol. The Labute approximate surface area is 158 Å². The number of halogens is 1. The average molecular weight is 369 g/mol. The van der Waals surface area contributed by atoms with E-state index in [1.165, 1.54) is 5.56 Å². The number of amides is 2. The van der Waals surface area contributed by atoms with Gasteiger partial charge >= 0.3 is 6.03 Å². The van der Waals surface area contributed by atoms with Crippen LogP contribution in [0.4, 0.5) is 4.79 Å². The van der Waals surface area contributed by atoms with Gasteiger partial charge in [0.1, 0.15) is 0 Å². The monoisotopic (exact) mass is 368 g/mol. The van der Waals surface area contributed by atoms with E-state index in [0.29, 0.717) is 11.6 Å². The number of imidazole rings is 1. The summed E-state index contributed by atoms with van der Waals surface area (Å²) < 4.78 is 2.01. The lowest BCUT2D eigenvalue weighted by atomic mass is 10.1. The predicted octanol–water partition coefficient (Wildman–Crippen LogP) is 4.15. The van der Waals surface area contributed by atoms with Crippen molar-refractivity contribution >= 4 is 17.6 Å². The first kappa shape index (κ1) is 18.0. The molecule has 2 N–H and O–H groups in total. The van der Waals surface area contributed by atoms with Gasteiger partial charge < -0.3 is 15.2 Å². The maximum absolute atomic E-state index is 12.1. The molecule has 0 saturated carbocycles. The molecule has 0 aliphatic carbocycles. The minimum Gasteiger partial charge on any atom is -0.334 e. The number of urea groups is 1. The van der Waals surface area contributed by atoms with Crippen molar-refractivity contribution in [1.82, 2.24) is 20.2 Å². The molecule has 0 bridgehead atoms. The molecule has 3 rings (SSSR count). The van der Waals surface area contributed by atoms with Crippen molar-refractivity contribution in [2.75, 3.05) is 0 Å². The number of rotatable bonds is 6. The molecule has 2 aromatic carbocycles. The van der Waals surface area contributed by atoms with Gasteiger partial charge in [0.2, 0.25) is 0 Å². The molecule has 1 heterocycles. The molecule has 6 heteroatoms. The van der Waals surface area contributed by atoms with Gasteiger partial charge in [0.25, 0.3) is 0 Å². The molecule has 0 saturated heterocycles. The smallest absolute Gasteiger partial charge is 0.315 e. The molecule has 0 fully saturated rings. The van der Waals surface area contributed by atoms with Gasteiger partial charge in [0, 0.05) is 30.5 Å². The Balaban J connectivity index is 1.49. The van der Waals surface area contributed by atoms with Gasteiger partial charge in [-0.05, 0) is 29.7 Å². The summed E-state index contributed by atoms with van der Waals surface area (Å²) in [5.74, 6) is 0. The molecule has 1 atom stereocenters. The zero-order valence-corrected chi connectivity index (χ0v) is 15.3. The first-order valence-electron chi connectivity index (χ1n) is 8.44. The number of hydrogen-bond acceptors (Lipinski definition) is 2. The van der Waals surface area contributed by atoms with Crippen molar-refractivity contribution in [3.63, 3.8) is 0 Å². The number of nitrogens with one attached hydrogen (secondary N) is 2. The number of hydrogen-bond donors (Lipinski definition) is 2. The summed E-state index contributed by atoms with van der Waals surface area (Å²) in [6.45, 7) is 3.15. The third-order valence-corrected chi connectivity index (χ3v) is 4.46. The molecule has 0 aliphatic heterocycles. The van der Waals surface area contributed by atoms with Crippen LogP contribution in [-0.4, -0.2) is 15.6 Å². The van der Waals surface area contributed by atoms with E-state index in [1.807, 2.05) is 54.1 Å². The van der Waals surface area contributed by atoms with Gasteiger partial charge in [0.15, 0.2) is 0 Å². The Morgan fingerprint density at radius 1 is 1.15 bits per heavy atom. The lowest BCUT2D eigenvalue weighted by molar-refractivity contribution is 0.237. The Morgan fingerprint density at radius 3 is 2.58 bits per heavy atom. The minimum absolute atomic E-state index is 0.166. The third-order valence-electron chi connectivity index (χ3n) is 4.12. The van der Waals surface area contributed by atoms with E-state index in [4.69, 9.17) is 11.6 Å². The second-order valence-corrected chi connectivity index (χ2v) is 6.53. The summed E-state index contributed by atoms with van der Waals surface area (Å²) in [6, 6.07) is 15.3. The highest BCUT2D eigenvalue weighted by Gasteiger charge is 2.11. The fourth-order valence-electron chi connectivity index (χ4n) is 2.69. The van der Waals surface area contributed by atoms with Crippen molar-refractivity contribution < 1.29 is 4.79 Å². The van der Waals surface area contributed by atoms with Gasteiger partial charge in [-0.15, -0.1) is 0 Å². The molecule has 1 unspecified atom stereocenters. The molecule has 0 radical (unpaired) electrons. The van der Waals surface area contributed by atoms with Crippen LogP contribution in [0.25, 0.3) is 0 Å². The highest BCUT2D eigenvalue weighted by atomic mass is 35.5. The van der Waals surface area contributed by atoms with Crippen molar-refractivity contribution in [1.29, 1.82) is 0 Å². The van der Waals surface area contributed by atoms with Crippen LogP contribution >= 0.6 is 11.6 Å². The molecule has 5 nitrogen and oxygen atoms in total. The van der Waals surface area contributed by atoms with Crippen LogP contribution in [-0.2, 0) is 13.1 Å². The number of aromatic nitrogens is 2. The van der Waals surface area contributed by atoms with Crippen LogP contribution in [0.2, 0.25) is 5.02 Å². The normalized spacial score (nSPS) is 11.8. The van der Waals surface area contributed by atoms with Crippen LogP contribution in [0, 0.1) is 0 Å². The fourth-order valence-corrected chi connectivity index (χ4v) is 2.99. The molecule has 2 amide bonds. The maximum Gasteiger partial charge on any atom is 0.315 e. The number of carbonyl (C=O) groups is 1. The molecule has 26 heavy (non-hydrogen) atoms. The number of benzene rings is 2. The van der Waals surface area contributed by atoms with E-state index in [9.17, 15) is 4.79 Å². The summed E-state index contributed by atoms with van der Waals surface area (Å²) in [4.78, 5) is 16.2. The number of carbonyl (C=O) groups excluding carboxylic acids is 1. The topological polar surface area (TPSA) is 59.0 Å². The van der Waals surface area contributed by atoms with Crippen molar-refractivity contribution in [2.24, 2.45) is 0 Å². The molecule has 0 aliphatic rings. The second-order valence-electron chi connectivity index (χ2n) is 6.12. The standard InChI is InChI=1S/C20H21ClN4O/c1-15(18-4-2-3-5-19(18)21)24-20(26)23-12-16-6-8-17(9-7-16)13-25-11-10-22-14-25/h2-11,14-15H,12-13H2,1H3,(H2,23,24,26). The summed E-state index contributed by atoms with van der Waals surface area (Å²) in [6.07, 6.45) is 5.49. The lowest BCUT2D eigenvalue weighted by Crippen LogP contribution is -2.36. The first-order valence-corrected chi connectivity index (χ1v) is 8.82. The molecular weight excluding hydrogens is 348 g/mol. The van der Waals surface area contributed by atoms with E-state index in [2.05, 4.69) is 27.8 Å². The summed E-state index contributed by atoms with van der Waals surface area (Å²) >= 11 is 6.16. The van der Waals surface area contributed by atoms with E-state index < -0.39 is 0 Å². The van der Waals surface area contributed by atoms with Gasteiger partial charge in [-0.3, -0.25) is 0 Å². The van der Waals surface area contributed by atoms with E-state index in [0.717, 1.165) is 17.7 Å². The lowest BCUT2D eigenvalue weighted by Gasteiger charge is -2.16. The molecule has 1 aromatic heterocycles. The average Bonchev–Trinajstić information content (AvgIpc) is 3.14. The van der Waals surface area contributed by atoms with Crippen LogP contribution < -0.4 is 10.6 Å². The minimum atomic E-state index is -0.222. The van der Waals surface area contributed by atoms with Gasteiger partial charge in [-0.25, -0.2) is 9.78 Å². The zero-order valence-electron chi connectivity index (χ0n) is 14.5. The van der Waals surface area contributed by atoms with Gasteiger partial charge in [0.05, 0.1) is 12.4 Å². The maximum atomic E-state index is 12.1. The van der Waals surface area contributed by atoms with Crippen LogP contribution in [0.3, 0.4) is 0 Å². The zero-order chi connectivity index (χ0) is 18.4. The Bertz CT molecular complexity index is 847. The second kappa shape index (κ2) is 8.54. The van der Waals surface area contributed by atoms with Gasteiger partial charge in [-0.2, -0.15) is 0 Å².